The lowest BCUT2D eigenvalue weighted by molar-refractivity contribution is -0.870. The maximum absolute atomic E-state index is 13.6. The number of nitrogens with zero attached hydrogens (tertiary/aromatic N) is 1. The SMILES string of the molecule is CC/C=C\C/C=C\C/C=C\C/C=C\C/C=C\C/C=C\CCCCC(=O)NC(COP(=O)(O)OCC[N+](C)(C)C)C(/C=C/CCCCCCCCCCCCC)OC(=O)CCCCCCCCCCCCCCC/C=C/CCCCCCCC. The van der Waals surface area contributed by atoms with Crippen molar-refractivity contribution in [2.24, 2.45) is 0 Å². The number of rotatable bonds is 62. The van der Waals surface area contributed by atoms with Crippen LogP contribution in [0.2, 0.25) is 0 Å². The fourth-order valence-electron chi connectivity index (χ4n) is 9.70. The molecule has 0 bridgehead atoms. The molecule has 0 aromatic rings. The van der Waals surface area contributed by atoms with Crippen molar-refractivity contribution < 1.29 is 37.3 Å². The summed E-state index contributed by atoms with van der Waals surface area (Å²) in [5.74, 6) is -0.552. The molecule has 480 valence electrons. The quantitative estimate of drug-likeness (QED) is 0.0205. The summed E-state index contributed by atoms with van der Waals surface area (Å²) in [5.41, 5.74) is 0. The second-order valence-electron chi connectivity index (χ2n) is 24.3. The molecule has 0 saturated carbocycles. The Morgan fingerprint density at radius 3 is 1.18 bits per heavy atom. The van der Waals surface area contributed by atoms with E-state index in [0.717, 1.165) is 89.9 Å². The Kier molecular flexibility index (Phi) is 59.7. The van der Waals surface area contributed by atoms with Crippen LogP contribution in [0.25, 0.3) is 0 Å². The van der Waals surface area contributed by atoms with Gasteiger partial charge in [-0.3, -0.25) is 18.6 Å². The van der Waals surface area contributed by atoms with E-state index in [0.29, 0.717) is 17.4 Å². The number of hydrogen-bond acceptors (Lipinski definition) is 6. The molecule has 0 aliphatic carbocycles. The van der Waals surface area contributed by atoms with Gasteiger partial charge in [0.1, 0.15) is 19.3 Å². The minimum Gasteiger partial charge on any atom is -0.456 e. The predicted octanol–water partition coefficient (Wildman–Crippen LogP) is 21.9. The van der Waals surface area contributed by atoms with Crippen LogP contribution < -0.4 is 5.32 Å². The molecule has 9 nitrogen and oxygen atoms in total. The van der Waals surface area contributed by atoms with Crippen molar-refractivity contribution >= 4 is 19.7 Å². The van der Waals surface area contributed by atoms with E-state index in [1.54, 1.807) is 0 Å². The lowest BCUT2D eigenvalue weighted by Gasteiger charge is -2.27. The molecule has 0 aromatic heterocycles. The maximum Gasteiger partial charge on any atom is 0.472 e. The Bertz CT molecular complexity index is 1740. The molecule has 0 aromatic carbocycles. The van der Waals surface area contributed by atoms with Crippen molar-refractivity contribution in [1.29, 1.82) is 0 Å². The summed E-state index contributed by atoms with van der Waals surface area (Å²) in [7, 11) is 1.46. The number of unbranched alkanes of at least 4 members (excludes halogenated alkanes) is 32. The molecule has 83 heavy (non-hydrogen) atoms. The third kappa shape index (κ3) is 63.3. The summed E-state index contributed by atoms with van der Waals surface area (Å²) in [6.45, 7) is 6.88. The third-order valence-corrected chi connectivity index (χ3v) is 16.0. The van der Waals surface area contributed by atoms with Gasteiger partial charge in [0.15, 0.2) is 0 Å². The number of likely N-dealkylation sites (N-methyl/N-ethyl adjacent to an activating group) is 1. The van der Waals surface area contributed by atoms with E-state index in [1.165, 1.54) is 173 Å². The minimum atomic E-state index is -4.47. The second kappa shape index (κ2) is 62.0. The average Bonchev–Trinajstić information content (AvgIpc) is 3.46. The highest BCUT2D eigenvalue weighted by Crippen LogP contribution is 2.43. The van der Waals surface area contributed by atoms with Crippen LogP contribution in [0.3, 0.4) is 0 Å². The monoisotopic (exact) mass is 1180 g/mol. The summed E-state index contributed by atoms with van der Waals surface area (Å²) in [5, 5.41) is 3.04. The van der Waals surface area contributed by atoms with E-state index < -0.39 is 20.0 Å². The fraction of sp³-hybridized carbons (Fsp3) is 0.753. The van der Waals surface area contributed by atoms with E-state index in [9.17, 15) is 19.0 Å². The second-order valence-corrected chi connectivity index (χ2v) is 25.8. The Balaban J connectivity index is 5.23. The molecule has 0 aliphatic heterocycles. The van der Waals surface area contributed by atoms with Gasteiger partial charge in [0.25, 0.3) is 0 Å². The zero-order valence-electron chi connectivity index (χ0n) is 54.9. The summed E-state index contributed by atoms with van der Waals surface area (Å²) in [6, 6.07) is -0.877. The standard InChI is InChI=1S/C73H131N2O7P/c1-7-10-13-16-19-22-25-28-30-32-34-36-37-39-41-43-45-48-51-54-57-60-63-66-73(77)82-71(64-61-58-55-52-49-46-27-24-21-18-15-12-9-3)70(69-81-83(78,79)80-68-67-75(4,5)6)74-72(76)65-62-59-56-53-50-47-44-42-40-38-35-33-31-29-26-23-20-17-14-11-8-2/h11,14,20,23,28-31,35,38,42,44,50,53,61,64,70-71H,7-10,12-13,15-19,21-22,24-27,32-34,36-37,39-41,43,45-49,51-52,54-60,62-63,65-69H2,1-6H3,(H-,74,76,78,79)/p+1/b14-11-,23-20-,30-28+,31-29-,38-35-,44-42-,53-50-,64-61+. The van der Waals surface area contributed by atoms with Gasteiger partial charge in [0.05, 0.1) is 33.8 Å². The van der Waals surface area contributed by atoms with Crippen molar-refractivity contribution in [3.8, 4) is 0 Å². The molecule has 10 heteroatoms. The fourth-order valence-corrected chi connectivity index (χ4v) is 10.4. The number of carbonyl (C=O) groups excluding carboxylic acids is 2. The maximum atomic E-state index is 13.6. The van der Waals surface area contributed by atoms with E-state index >= 15 is 0 Å². The molecule has 0 spiro atoms. The van der Waals surface area contributed by atoms with Crippen LogP contribution >= 0.6 is 7.82 Å². The van der Waals surface area contributed by atoms with E-state index in [1.807, 2.05) is 33.3 Å². The summed E-state index contributed by atoms with van der Waals surface area (Å²) >= 11 is 0. The van der Waals surface area contributed by atoms with Gasteiger partial charge in [0.2, 0.25) is 5.91 Å². The Morgan fingerprint density at radius 2 is 0.771 bits per heavy atom. The van der Waals surface area contributed by atoms with E-state index in [4.69, 9.17) is 13.8 Å². The first-order chi connectivity index (χ1) is 40.4. The number of allylic oxidation sites excluding steroid dienone is 15. The molecule has 3 unspecified atom stereocenters. The van der Waals surface area contributed by atoms with Crippen molar-refractivity contribution in [2.75, 3.05) is 40.9 Å². The molecule has 0 aliphatic rings. The molecule has 0 radical (unpaired) electrons. The topological polar surface area (TPSA) is 111 Å². The summed E-state index contributed by atoms with van der Waals surface area (Å²) in [4.78, 5) is 37.9. The first-order valence-electron chi connectivity index (χ1n) is 34.6. The number of carbonyl (C=O) groups is 2. The van der Waals surface area contributed by atoms with Crippen LogP contribution in [-0.4, -0.2) is 74.3 Å². The molecule has 1 amide bonds. The van der Waals surface area contributed by atoms with Crippen LogP contribution in [0.15, 0.2) is 97.2 Å². The zero-order valence-corrected chi connectivity index (χ0v) is 55.8. The molecule has 3 atom stereocenters. The van der Waals surface area contributed by atoms with Gasteiger partial charge in [-0.15, -0.1) is 0 Å². The highest BCUT2D eigenvalue weighted by molar-refractivity contribution is 7.47. The number of quaternary nitrogens is 1. The van der Waals surface area contributed by atoms with Crippen molar-refractivity contribution in [3.05, 3.63) is 97.2 Å². The Labute approximate surface area is 513 Å². The Hall–Kier alpha value is -3.07. The van der Waals surface area contributed by atoms with Crippen molar-refractivity contribution in [3.63, 3.8) is 0 Å². The van der Waals surface area contributed by atoms with Crippen LogP contribution in [0.5, 0.6) is 0 Å². The lowest BCUT2D eigenvalue weighted by Crippen LogP contribution is -2.47. The van der Waals surface area contributed by atoms with Crippen LogP contribution in [0, 0.1) is 0 Å². The molecular weight excluding hydrogens is 1050 g/mol. The minimum absolute atomic E-state index is 0.0281. The molecule has 0 heterocycles. The number of nitrogens with one attached hydrogen (secondary N) is 1. The predicted molar refractivity (Wildman–Crippen MR) is 360 cm³/mol. The number of phosphoric acid groups is 1. The van der Waals surface area contributed by atoms with Gasteiger partial charge in [0, 0.05) is 12.8 Å². The van der Waals surface area contributed by atoms with Crippen molar-refractivity contribution in [2.45, 2.75) is 315 Å². The van der Waals surface area contributed by atoms with Gasteiger partial charge in [-0.1, -0.05) is 279 Å². The smallest absolute Gasteiger partial charge is 0.456 e. The molecule has 0 fully saturated rings. The van der Waals surface area contributed by atoms with Gasteiger partial charge in [-0.05, 0) is 109 Å². The average molecular weight is 1180 g/mol. The molecule has 2 N–H and O–H groups in total. The first-order valence-corrected chi connectivity index (χ1v) is 36.1. The normalized spacial score (nSPS) is 14.2. The van der Waals surface area contributed by atoms with Crippen molar-refractivity contribution in [1.82, 2.24) is 5.32 Å². The zero-order chi connectivity index (χ0) is 60.7. The van der Waals surface area contributed by atoms with Gasteiger partial charge < -0.3 is 19.4 Å². The summed E-state index contributed by atoms with van der Waals surface area (Å²) < 4.78 is 30.8. The lowest BCUT2D eigenvalue weighted by atomic mass is 10.0. The van der Waals surface area contributed by atoms with Gasteiger partial charge >= 0.3 is 13.8 Å². The third-order valence-electron chi connectivity index (χ3n) is 15.0. The van der Waals surface area contributed by atoms with E-state index in [-0.39, 0.29) is 37.9 Å². The highest BCUT2D eigenvalue weighted by Gasteiger charge is 2.30. The number of amides is 1. The number of phosphoric ester groups is 1. The largest absolute Gasteiger partial charge is 0.472 e. The molecule has 0 saturated heterocycles. The first kappa shape index (κ1) is 79.9. The van der Waals surface area contributed by atoms with Crippen LogP contribution in [0.4, 0.5) is 0 Å². The number of esters is 1. The molecule has 0 rings (SSSR count). The summed E-state index contributed by atoms with van der Waals surface area (Å²) in [6.07, 6.45) is 84.2. The number of ether oxygens (including phenoxy) is 1. The van der Waals surface area contributed by atoms with E-state index in [2.05, 4.69) is 111 Å². The van der Waals surface area contributed by atoms with Crippen LogP contribution in [0.1, 0.15) is 303 Å². The number of hydrogen-bond donors (Lipinski definition) is 2. The highest BCUT2D eigenvalue weighted by atomic mass is 31.2. The van der Waals surface area contributed by atoms with Crippen LogP contribution in [-0.2, 0) is 27.9 Å². The Morgan fingerprint density at radius 1 is 0.434 bits per heavy atom. The van der Waals surface area contributed by atoms with Gasteiger partial charge in [-0.25, -0.2) is 4.57 Å². The molecular formula is C73H132N2O7P+. The van der Waals surface area contributed by atoms with Gasteiger partial charge in [-0.2, -0.15) is 0 Å².